The Balaban J connectivity index is 0.000000480. The third-order valence-corrected chi connectivity index (χ3v) is 9.65. The number of fused-ring (bicyclic) bond motifs is 3. The summed E-state index contributed by atoms with van der Waals surface area (Å²) in [5.41, 5.74) is 12.6. The maximum atomic E-state index is 12.5. The number of nitrogens with two attached hydrogens (primary N) is 1. The monoisotopic (exact) mass is 929 g/mol. The van der Waals surface area contributed by atoms with Crippen molar-refractivity contribution in [2.45, 2.75) is 93.2 Å². The zero-order valence-electron chi connectivity index (χ0n) is 43.1. The van der Waals surface area contributed by atoms with Crippen molar-refractivity contribution in [2.75, 3.05) is 35.4 Å². The second-order valence-electron chi connectivity index (χ2n) is 15.7. The van der Waals surface area contributed by atoms with Crippen molar-refractivity contribution in [1.82, 2.24) is 16.0 Å². The molecule has 0 aliphatic carbocycles. The van der Waals surface area contributed by atoms with Gasteiger partial charge in [0.05, 0.1) is 25.3 Å². The minimum Gasteiger partial charge on any atom is -0.497 e. The first kappa shape index (κ1) is 59.2. The van der Waals surface area contributed by atoms with Gasteiger partial charge in [0, 0.05) is 56.9 Å². The maximum Gasteiger partial charge on any atom is 0.346 e. The van der Waals surface area contributed by atoms with Gasteiger partial charge in [-0.3, -0.25) is 9.59 Å². The van der Waals surface area contributed by atoms with Crippen molar-refractivity contribution in [2.24, 2.45) is 5.73 Å². The largest absolute Gasteiger partial charge is 0.497 e. The predicted molar refractivity (Wildman–Crippen MR) is 281 cm³/mol. The van der Waals surface area contributed by atoms with E-state index in [2.05, 4.69) is 66.2 Å². The van der Waals surface area contributed by atoms with Gasteiger partial charge in [-0.1, -0.05) is 126 Å². The Morgan fingerprint density at radius 1 is 0.544 bits per heavy atom. The lowest BCUT2D eigenvalue weighted by Gasteiger charge is -2.35. The maximum absolute atomic E-state index is 12.5. The first-order valence-corrected chi connectivity index (χ1v) is 23.2. The number of cyclic esters (lactones) is 2. The molecule has 8 rings (SSSR count). The average Bonchev–Trinajstić information content (AvgIpc) is 3.66. The van der Waals surface area contributed by atoms with E-state index in [0.29, 0.717) is 22.3 Å². The number of carbonyl (C=O) groups excluding carboxylic acids is 4. The molecular formula is C57H76N4O7. The number of rotatable bonds is 6. The van der Waals surface area contributed by atoms with Gasteiger partial charge in [-0.25, -0.2) is 9.59 Å². The molecule has 0 fully saturated rings. The minimum atomic E-state index is -0.550. The fourth-order valence-electron chi connectivity index (χ4n) is 6.97. The number of allylic oxidation sites excluding steroid dienone is 2. The Morgan fingerprint density at radius 3 is 1.16 bits per heavy atom. The minimum absolute atomic E-state index is 0.000398. The quantitative estimate of drug-likeness (QED) is 0.0556. The van der Waals surface area contributed by atoms with Crippen LogP contribution in [0.3, 0.4) is 0 Å². The van der Waals surface area contributed by atoms with Crippen molar-refractivity contribution in [3.05, 3.63) is 178 Å². The van der Waals surface area contributed by atoms with Crippen molar-refractivity contribution in [3.63, 3.8) is 0 Å². The summed E-state index contributed by atoms with van der Waals surface area (Å²) >= 11 is 0. The Labute approximate surface area is 406 Å². The molecule has 5 aromatic rings. The molecule has 5 aromatic carbocycles. The van der Waals surface area contributed by atoms with Gasteiger partial charge in [-0.05, 0) is 109 Å². The number of hydrogen-bond donors (Lipinski definition) is 4. The molecule has 366 valence electrons. The standard InChI is InChI=1S/2C20H21NO2.C8H4O3.C2H7N.3C2H6.CH5N/c2*1-20(2)13-15-9-10-16(23-3)11-17(15)18(21-20)12-19(22)14-7-5-4-6-8-14;9-7-5-3-1-2-4-6(5)8(10)11-7;1-3-2;4*1-2/h2*4-12,21H,13H2,1-3H3;1-4H;3H,1-2H3;3*1-2H3;2H2,1H3/b2*18-12-;;;;;;. The van der Waals surface area contributed by atoms with Gasteiger partial charge in [0.15, 0.2) is 11.6 Å². The van der Waals surface area contributed by atoms with Crippen molar-refractivity contribution >= 4 is 34.9 Å². The van der Waals surface area contributed by atoms with Gasteiger partial charge < -0.3 is 35.9 Å². The third kappa shape index (κ3) is 17.8. The highest BCUT2D eigenvalue weighted by Gasteiger charge is 2.30. The number of benzene rings is 5. The Kier molecular flexibility index (Phi) is 26.5. The number of esters is 2. The van der Waals surface area contributed by atoms with E-state index in [-0.39, 0.29) is 22.6 Å². The van der Waals surface area contributed by atoms with E-state index >= 15 is 0 Å². The molecule has 11 nitrogen and oxygen atoms in total. The van der Waals surface area contributed by atoms with Crippen LogP contribution >= 0.6 is 0 Å². The Bertz CT molecular complexity index is 2240. The average molecular weight is 929 g/mol. The molecule has 3 aliphatic rings. The van der Waals surface area contributed by atoms with E-state index in [1.165, 1.54) is 18.2 Å². The number of carbonyl (C=O) groups is 4. The molecule has 11 heteroatoms. The highest BCUT2D eigenvalue weighted by atomic mass is 16.6. The summed E-state index contributed by atoms with van der Waals surface area (Å²) in [6.07, 6.45) is 5.19. The molecule has 0 atom stereocenters. The fraction of sp³-hybridized carbons (Fsp3) is 0.333. The summed E-state index contributed by atoms with van der Waals surface area (Å²) < 4.78 is 15.0. The van der Waals surface area contributed by atoms with Gasteiger partial charge in [-0.2, -0.15) is 0 Å². The topological polar surface area (TPSA) is 158 Å². The number of hydrogen-bond acceptors (Lipinski definition) is 11. The van der Waals surface area contributed by atoms with Crippen LogP contribution in [-0.2, 0) is 17.6 Å². The lowest BCUT2D eigenvalue weighted by atomic mass is 9.85. The van der Waals surface area contributed by atoms with Crippen LogP contribution in [0.15, 0.2) is 133 Å². The fourth-order valence-corrected chi connectivity index (χ4v) is 6.97. The zero-order valence-corrected chi connectivity index (χ0v) is 43.1. The number of nitrogens with one attached hydrogen (secondary N) is 3. The van der Waals surface area contributed by atoms with Crippen LogP contribution in [0.25, 0.3) is 11.4 Å². The van der Waals surface area contributed by atoms with Gasteiger partial charge in [0.2, 0.25) is 0 Å². The van der Waals surface area contributed by atoms with E-state index in [9.17, 15) is 19.2 Å². The lowest BCUT2D eigenvalue weighted by molar-refractivity contribution is 0.0443. The molecule has 0 saturated heterocycles. The highest BCUT2D eigenvalue weighted by Crippen LogP contribution is 2.34. The summed E-state index contributed by atoms with van der Waals surface area (Å²) in [4.78, 5) is 46.7. The van der Waals surface area contributed by atoms with E-state index in [4.69, 9.17) is 9.47 Å². The van der Waals surface area contributed by atoms with Crippen LogP contribution in [0.4, 0.5) is 0 Å². The molecule has 0 unspecified atom stereocenters. The molecule has 68 heavy (non-hydrogen) atoms. The first-order chi connectivity index (χ1) is 32.7. The van der Waals surface area contributed by atoms with Crippen LogP contribution in [0.5, 0.6) is 11.5 Å². The second-order valence-corrected chi connectivity index (χ2v) is 15.7. The molecule has 3 heterocycles. The Morgan fingerprint density at radius 2 is 0.853 bits per heavy atom. The highest BCUT2D eigenvalue weighted by molar-refractivity contribution is 6.14. The van der Waals surface area contributed by atoms with Crippen molar-refractivity contribution in [3.8, 4) is 11.5 Å². The molecule has 5 N–H and O–H groups in total. The molecule has 0 spiro atoms. The van der Waals surface area contributed by atoms with Gasteiger partial charge in [0.1, 0.15) is 11.5 Å². The Hall–Kier alpha value is -6.82. The van der Waals surface area contributed by atoms with Crippen LogP contribution < -0.4 is 31.2 Å². The molecule has 3 aliphatic heterocycles. The number of ketones is 2. The summed E-state index contributed by atoms with van der Waals surface area (Å²) in [7, 11) is 8.56. The normalized spacial score (nSPS) is 14.6. The first-order valence-electron chi connectivity index (χ1n) is 23.2. The lowest BCUT2D eigenvalue weighted by Crippen LogP contribution is -2.43. The van der Waals surface area contributed by atoms with Crippen molar-refractivity contribution in [1.29, 1.82) is 0 Å². The second kappa shape index (κ2) is 30.5. The predicted octanol–water partition coefficient (Wildman–Crippen LogP) is 11.2. The summed E-state index contributed by atoms with van der Waals surface area (Å²) in [5, 5.41) is 9.72. The van der Waals surface area contributed by atoms with Gasteiger partial charge in [-0.15, -0.1) is 0 Å². The SMILES string of the molecule is CC.CC.CC.CN.CNC.COc1ccc2c(c1)/C(=C/C(=O)c1ccccc1)NC(C)(C)C2.COc1ccc2c(c1)/C(=C/C(=O)c1ccccc1)NC(C)(C)C2.O=C1OC(=O)c2ccccc21. The molecule has 0 amide bonds. The van der Waals surface area contributed by atoms with E-state index < -0.39 is 11.9 Å². The molecular weight excluding hydrogens is 853 g/mol. The smallest absolute Gasteiger partial charge is 0.346 e. The summed E-state index contributed by atoms with van der Waals surface area (Å²) in [6, 6.07) is 37.3. The van der Waals surface area contributed by atoms with Crippen LogP contribution in [0.2, 0.25) is 0 Å². The zero-order chi connectivity index (χ0) is 51.5. The van der Waals surface area contributed by atoms with Crippen LogP contribution in [-0.4, -0.2) is 69.9 Å². The number of methoxy groups -OCH3 is 2. The van der Waals surface area contributed by atoms with Crippen LogP contribution in [0, 0.1) is 0 Å². The van der Waals surface area contributed by atoms with Gasteiger partial charge >= 0.3 is 11.9 Å². The molecule has 0 radical (unpaired) electrons. The van der Waals surface area contributed by atoms with Gasteiger partial charge in [0.25, 0.3) is 0 Å². The summed E-state index contributed by atoms with van der Waals surface area (Å²) in [6.45, 7) is 20.6. The third-order valence-electron chi connectivity index (χ3n) is 9.65. The van der Waals surface area contributed by atoms with E-state index in [1.54, 1.807) is 50.6 Å². The van der Waals surface area contributed by atoms with E-state index in [0.717, 1.165) is 46.9 Å². The number of ether oxygens (including phenoxy) is 3. The summed E-state index contributed by atoms with van der Waals surface area (Å²) in [5.74, 6) is 0.488. The van der Waals surface area contributed by atoms with Crippen LogP contribution in [0.1, 0.15) is 133 Å². The van der Waals surface area contributed by atoms with E-state index in [1.807, 2.05) is 141 Å². The molecule has 0 aromatic heterocycles. The molecule has 0 bridgehead atoms. The van der Waals surface area contributed by atoms with Crippen molar-refractivity contribution < 1.29 is 33.4 Å². The molecule has 0 saturated carbocycles.